The minimum Gasteiger partial charge on any atom is -0.384 e. The summed E-state index contributed by atoms with van der Waals surface area (Å²) in [5.41, 5.74) is 7.53. The first-order valence-electron chi connectivity index (χ1n) is 7.04. The van der Waals surface area contributed by atoms with Crippen LogP contribution in [-0.2, 0) is 0 Å². The molecular weight excluding hydrogens is 258 g/mol. The van der Waals surface area contributed by atoms with Crippen LogP contribution in [-0.4, -0.2) is 18.4 Å². The molecule has 0 bridgehead atoms. The second kappa shape index (κ2) is 6.29. The number of hydrogen-bond donors (Lipinski definition) is 2. The molecular formula is C15H22ClN3. The SMILES string of the molecule is CCCC1CCCCN1c1ccc(Cl)cc1C(=N)N. The lowest BCUT2D eigenvalue weighted by Gasteiger charge is -2.38. The summed E-state index contributed by atoms with van der Waals surface area (Å²) in [5.74, 6) is 0.0957. The summed E-state index contributed by atoms with van der Waals surface area (Å²) in [4.78, 5) is 2.42. The van der Waals surface area contributed by atoms with Crippen molar-refractivity contribution in [2.24, 2.45) is 5.73 Å². The van der Waals surface area contributed by atoms with Gasteiger partial charge in [0.2, 0.25) is 0 Å². The molecule has 1 saturated heterocycles. The highest BCUT2D eigenvalue weighted by Gasteiger charge is 2.24. The van der Waals surface area contributed by atoms with E-state index in [9.17, 15) is 0 Å². The minimum absolute atomic E-state index is 0.0957. The zero-order chi connectivity index (χ0) is 13.8. The van der Waals surface area contributed by atoms with Crippen LogP contribution in [0.5, 0.6) is 0 Å². The second-order valence-corrected chi connectivity index (χ2v) is 5.64. The molecule has 1 aliphatic heterocycles. The lowest BCUT2D eigenvalue weighted by Crippen LogP contribution is -2.40. The molecule has 1 atom stereocenters. The van der Waals surface area contributed by atoms with Gasteiger partial charge in [0.25, 0.3) is 0 Å². The molecule has 1 heterocycles. The Bertz CT molecular complexity index is 457. The van der Waals surface area contributed by atoms with Gasteiger partial charge in [0.1, 0.15) is 5.84 Å². The molecule has 1 fully saturated rings. The zero-order valence-corrected chi connectivity index (χ0v) is 12.2. The van der Waals surface area contributed by atoms with Gasteiger partial charge in [0, 0.05) is 28.9 Å². The second-order valence-electron chi connectivity index (χ2n) is 5.21. The summed E-state index contributed by atoms with van der Waals surface area (Å²) in [6.07, 6.45) is 6.11. The maximum Gasteiger partial charge on any atom is 0.124 e. The van der Waals surface area contributed by atoms with Crippen LogP contribution in [0.4, 0.5) is 5.69 Å². The van der Waals surface area contributed by atoms with Crippen molar-refractivity contribution in [3.05, 3.63) is 28.8 Å². The molecule has 1 unspecified atom stereocenters. The Morgan fingerprint density at radius 1 is 1.47 bits per heavy atom. The third kappa shape index (κ3) is 3.21. The first kappa shape index (κ1) is 14.2. The molecule has 1 aromatic carbocycles. The largest absolute Gasteiger partial charge is 0.384 e. The topological polar surface area (TPSA) is 53.1 Å². The third-order valence-electron chi connectivity index (χ3n) is 3.81. The van der Waals surface area contributed by atoms with Crippen molar-refractivity contribution in [1.29, 1.82) is 5.41 Å². The standard InChI is InChI=1S/C15H22ClN3/c1-2-5-12-6-3-4-9-19(12)14-8-7-11(16)10-13(14)15(17)18/h7-8,10,12H,2-6,9H2,1H3,(H3,17,18). The number of nitrogens with two attached hydrogens (primary N) is 1. The van der Waals surface area contributed by atoms with Crippen molar-refractivity contribution in [3.8, 4) is 0 Å². The van der Waals surface area contributed by atoms with Gasteiger partial charge in [-0.15, -0.1) is 0 Å². The molecule has 0 spiro atoms. The lowest BCUT2D eigenvalue weighted by molar-refractivity contribution is 0.434. The highest BCUT2D eigenvalue weighted by molar-refractivity contribution is 6.31. The number of piperidine rings is 1. The minimum atomic E-state index is 0.0957. The summed E-state index contributed by atoms with van der Waals surface area (Å²) in [5, 5.41) is 8.39. The molecule has 0 aromatic heterocycles. The summed E-state index contributed by atoms with van der Waals surface area (Å²) in [7, 11) is 0. The highest BCUT2D eigenvalue weighted by Crippen LogP contribution is 2.31. The zero-order valence-electron chi connectivity index (χ0n) is 11.5. The molecule has 0 aliphatic carbocycles. The maximum atomic E-state index is 7.75. The van der Waals surface area contributed by atoms with Crippen LogP contribution in [0.15, 0.2) is 18.2 Å². The van der Waals surface area contributed by atoms with Crippen LogP contribution in [0, 0.1) is 5.41 Å². The Kier molecular flexibility index (Phi) is 4.70. The predicted octanol–water partition coefficient (Wildman–Crippen LogP) is 3.78. The molecule has 1 aliphatic rings. The summed E-state index contributed by atoms with van der Waals surface area (Å²) in [6, 6.07) is 6.27. The summed E-state index contributed by atoms with van der Waals surface area (Å²) < 4.78 is 0. The van der Waals surface area contributed by atoms with E-state index in [0.717, 1.165) is 17.8 Å². The molecule has 1 aromatic rings. The summed E-state index contributed by atoms with van der Waals surface area (Å²) in [6.45, 7) is 3.27. The smallest absolute Gasteiger partial charge is 0.124 e. The number of benzene rings is 1. The van der Waals surface area contributed by atoms with Crippen molar-refractivity contribution in [3.63, 3.8) is 0 Å². The Labute approximate surface area is 120 Å². The highest BCUT2D eigenvalue weighted by atomic mass is 35.5. The number of halogens is 1. The molecule has 2 rings (SSSR count). The summed E-state index contributed by atoms with van der Waals surface area (Å²) >= 11 is 6.03. The number of nitrogen functional groups attached to an aromatic ring is 1. The Balaban J connectivity index is 2.35. The van der Waals surface area contributed by atoms with Crippen LogP contribution in [0.2, 0.25) is 5.02 Å². The molecule has 104 valence electrons. The quantitative estimate of drug-likeness (QED) is 0.651. The van der Waals surface area contributed by atoms with Crippen LogP contribution in [0.1, 0.15) is 44.6 Å². The molecule has 0 amide bonds. The maximum absolute atomic E-state index is 7.75. The first-order chi connectivity index (χ1) is 9.13. The van der Waals surface area contributed by atoms with E-state index in [2.05, 4.69) is 11.8 Å². The Hall–Kier alpha value is -1.22. The van der Waals surface area contributed by atoms with Gasteiger partial charge in [-0.25, -0.2) is 0 Å². The van der Waals surface area contributed by atoms with E-state index >= 15 is 0 Å². The fourth-order valence-electron chi connectivity index (χ4n) is 2.93. The molecule has 0 radical (unpaired) electrons. The number of nitrogens with zero attached hydrogens (tertiary/aromatic N) is 1. The average Bonchev–Trinajstić information content (AvgIpc) is 2.40. The predicted molar refractivity (Wildman–Crippen MR) is 82.4 cm³/mol. The third-order valence-corrected chi connectivity index (χ3v) is 4.04. The van der Waals surface area contributed by atoms with Crippen molar-refractivity contribution in [1.82, 2.24) is 0 Å². The van der Waals surface area contributed by atoms with Crippen LogP contribution in [0.25, 0.3) is 0 Å². The molecule has 0 saturated carbocycles. The van der Waals surface area contributed by atoms with Crippen molar-refractivity contribution in [2.45, 2.75) is 45.1 Å². The average molecular weight is 280 g/mol. The lowest BCUT2D eigenvalue weighted by atomic mass is 9.96. The number of anilines is 1. The van der Waals surface area contributed by atoms with E-state index in [1.807, 2.05) is 12.1 Å². The van der Waals surface area contributed by atoms with Crippen molar-refractivity contribution >= 4 is 23.1 Å². The number of nitrogens with one attached hydrogen (secondary N) is 1. The van der Waals surface area contributed by atoms with Crippen molar-refractivity contribution in [2.75, 3.05) is 11.4 Å². The van der Waals surface area contributed by atoms with Gasteiger partial charge in [0.15, 0.2) is 0 Å². The van der Waals surface area contributed by atoms with Gasteiger partial charge in [0.05, 0.1) is 0 Å². The first-order valence-corrected chi connectivity index (χ1v) is 7.42. The molecule has 3 nitrogen and oxygen atoms in total. The van der Waals surface area contributed by atoms with Crippen molar-refractivity contribution < 1.29 is 0 Å². The van der Waals surface area contributed by atoms with Gasteiger partial charge >= 0.3 is 0 Å². The number of amidine groups is 1. The van der Waals surface area contributed by atoms with Crippen LogP contribution >= 0.6 is 11.6 Å². The van der Waals surface area contributed by atoms with E-state index in [1.165, 1.54) is 32.1 Å². The van der Waals surface area contributed by atoms with Gasteiger partial charge in [-0.2, -0.15) is 0 Å². The monoisotopic (exact) mass is 279 g/mol. The van der Waals surface area contributed by atoms with Crippen LogP contribution in [0.3, 0.4) is 0 Å². The number of hydrogen-bond acceptors (Lipinski definition) is 2. The molecule has 3 N–H and O–H groups in total. The molecule has 19 heavy (non-hydrogen) atoms. The number of rotatable bonds is 4. The van der Waals surface area contributed by atoms with E-state index in [1.54, 1.807) is 6.07 Å². The van der Waals surface area contributed by atoms with Gasteiger partial charge < -0.3 is 10.6 Å². The van der Waals surface area contributed by atoms with E-state index in [-0.39, 0.29) is 5.84 Å². The van der Waals surface area contributed by atoms with Gasteiger partial charge in [-0.1, -0.05) is 24.9 Å². The molecule has 4 heteroatoms. The van der Waals surface area contributed by atoms with Gasteiger partial charge in [-0.05, 0) is 43.9 Å². The normalized spacial score (nSPS) is 19.5. The Morgan fingerprint density at radius 3 is 2.95 bits per heavy atom. The van der Waals surface area contributed by atoms with E-state index < -0.39 is 0 Å². The Morgan fingerprint density at radius 2 is 2.26 bits per heavy atom. The fraction of sp³-hybridized carbons (Fsp3) is 0.533. The van der Waals surface area contributed by atoms with E-state index in [0.29, 0.717) is 11.1 Å². The fourth-order valence-corrected chi connectivity index (χ4v) is 3.10. The van der Waals surface area contributed by atoms with Crippen LogP contribution < -0.4 is 10.6 Å². The van der Waals surface area contributed by atoms with E-state index in [4.69, 9.17) is 22.7 Å². The van der Waals surface area contributed by atoms with Gasteiger partial charge in [-0.3, -0.25) is 5.41 Å².